The molecule has 0 aromatic heterocycles. The van der Waals surface area contributed by atoms with Crippen molar-refractivity contribution < 1.29 is 9.53 Å². The number of rotatable bonds is 8. The van der Waals surface area contributed by atoms with Gasteiger partial charge in [0.05, 0.1) is 12.7 Å². The van der Waals surface area contributed by atoms with E-state index in [-0.39, 0.29) is 12.0 Å². The summed E-state index contributed by atoms with van der Waals surface area (Å²) in [6.45, 7) is 6.78. The van der Waals surface area contributed by atoms with Gasteiger partial charge in [0.1, 0.15) is 0 Å². The first-order chi connectivity index (χ1) is 12.0. The highest BCUT2D eigenvalue weighted by Gasteiger charge is 2.25. The van der Waals surface area contributed by atoms with Gasteiger partial charge >= 0.3 is 0 Å². The van der Waals surface area contributed by atoms with Crippen molar-refractivity contribution >= 4 is 5.91 Å². The number of benzene rings is 1. The molecular weight excluding hydrogens is 310 g/mol. The molecule has 25 heavy (non-hydrogen) atoms. The van der Waals surface area contributed by atoms with Gasteiger partial charge in [0.15, 0.2) is 0 Å². The molecule has 0 radical (unpaired) electrons. The Morgan fingerprint density at radius 3 is 2.72 bits per heavy atom. The van der Waals surface area contributed by atoms with Gasteiger partial charge in [-0.15, -0.1) is 6.58 Å². The first-order valence-electron chi connectivity index (χ1n) is 9.17. The lowest BCUT2D eigenvalue weighted by molar-refractivity contribution is -0.129. The second kappa shape index (κ2) is 9.57. The zero-order chi connectivity index (χ0) is 18.2. The summed E-state index contributed by atoms with van der Waals surface area (Å²) in [6, 6.07) is 10.2. The van der Waals surface area contributed by atoms with Crippen molar-refractivity contribution in [2.24, 2.45) is 11.8 Å². The summed E-state index contributed by atoms with van der Waals surface area (Å²) in [5.74, 6) is 1.09. The Morgan fingerprint density at radius 2 is 2.08 bits per heavy atom. The van der Waals surface area contributed by atoms with Crippen LogP contribution in [-0.2, 0) is 16.1 Å². The Hall–Kier alpha value is -1.87. The molecule has 0 fully saturated rings. The monoisotopic (exact) mass is 341 g/mol. The molecule has 0 spiro atoms. The minimum Gasteiger partial charge on any atom is -0.369 e. The number of hydrogen-bond donors (Lipinski definition) is 0. The summed E-state index contributed by atoms with van der Waals surface area (Å²) in [5.41, 5.74) is 2.57. The minimum absolute atomic E-state index is 0.0186. The molecule has 0 saturated heterocycles. The summed E-state index contributed by atoms with van der Waals surface area (Å²) in [5, 5.41) is 0. The van der Waals surface area contributed by atoms with Gasteiger partial charge in [-0.05, 0) is 36.7 Å². The molecule has 0 aliphatic heterocycles. The van der Waals surface area contributed by atoms with Gasteiger partial charge in [-0.3, -0.25) is 4.79 Å². The molecule has 0 bridgehead atoms. The molecule has 1 amide bonds. The van der Waals surface area contributed by atoms with Gasteiger partial charge < -0.3 is 9.64 Å². The standard InChI is InChI=1S/C22H31NO2/c1-5-21(25-16-18-9-7-6-8-10-18)14-19-12-11-17(2)20(13-19)15-22(24)23(3)4/h5-10,13,17,20-21H,1,11-12,14-16H2,2-4H3/t17-,20-,21-/m0/s1. The highest BCUT2D eigenvalue weighted by atomic mass is 16.5. The molecule has 0 saturated carbocycles. The maximum atomic E-state index is 12.1. The van der Waals surface area contributed by atoms with Crippen LogP contribution in [0.5, 0.6) is 0 Å². The second-order valence-corrected chi connectivity index (χ2v) is 7.27. The highest BCUT2D eigenvalue weighted by Crippen LogP contribution is 2.33. The zero-order valence-corrected chi connectivity index (χ0v) is 15.8. The summed E-state index contributed by atoms with van der Waals surface area (Å²) in [7, 11) is 3.65. The second-order valence-electron chi connectivity index (χ2n) is 7.27. The molecule has 3 heteroatoms. The molecule has 1 aromatic rings. The lowest BCUT2D eigenvalue weighted by atomic mass is 9.78. The van der Waals surface area contributed by atoms with Crippen LogP contribution < -0.4 is 0 Å². The summed E-state index contributed by atoms with van der Waals surface area (Å²) in [6.07, 6.45) is 7.92. The van der Waals surface area contributed by atoms with Crippen molar-refractivity contribution in [3.8, 4) is 0 Å². The first-order valence-corrected chi connectivity index (χ1v) is 9.17. The van der Waals surface area contributed by atoms with E-state index in [1.165, 1.54) is 11.1 Å². The molecule has 136 valence electrons. The van der Waals surface area contributed by atoms with Crippen LogP contribution in [-0.4, -0.2) is 31.0 Å². The molecule has 3 atom stereocenters. The number of amides is 1. The third kappa shape index (κ3) is 6.17. The summed E-state index contributed by atoms with van der Waals surface area (Å²) >= 11 is 0. The third-order valence-electron chi connectivity index (χ3n) is 5.04. The van der Waals surface area contributed by atoms with E-state index >= 15 is 0 Å². The van der Waals surface area contributed by atoms with E-state index in [1.54, 1.807) is 4.90 Å². The molecule has 0 heterocycles. The van der Waals surface area contributed by atoms with E-state index in [0.717, 1.165) is 19.3 Å². The Labute approximate surface area is 152 Å². The number of hydrogen-bond acceptors (Lipinski definition) is 2. The van der Waals surface area contributed by atoms with Crippen molar-refractivity contribution in [1.82, 2.24) is 4.90 Å². The maximum absolute atomic E-state index is 12.1. The minimum atomic E-state index is 0.0186. The van der Waals surface area contributed by atoms with Gasteiger partial charge in [-0.2, -0.15) is 0 Å². The van der Waals surface area contributed by atoms with Crippen LogP contribution in [0.25, 0.3) is 0 Å². The fourth-order valence-electron chi connectivity index (χ4n) is 3.24. The smallest absolute Gasteiger partial charge is 0.222 e. The Bertz CT molecular complexity index is 591. The molecule has 1 aliphatic carbocycles. The lowest BCUT2D eigenvalue weighted by Crippen LogP contribution is -2.27. The van der Waals surface area contributed by atoms with E-state index in [9.17, 15) is 4.79 Å². The number of allylic oxidation sites excluding steroid dienone is 1. The maximum Gasteiger partial charge on any atom is 0.222 e. The van der Waals surface area contributed by atoms with Gasteiger partial charge in [0.25, 0.3) is 0 Å². The fraction of sp³-hybridized carbons (Fsp3) is 0.500. The number of carbonyl (C=O) groups excluding carboxylic acids is 1. The molecule has 0 N–H and O–H groups in total. The topological polar surface area (TPSA) is 29.5 Å². The van der Waals surface area contributed by atoms with Crippen LogP contribution in [0.1, 0.15) is 38.2 Å². The summed E-state index contributed by atoms with van der Waals surface area (Å²) < 4.78 is 6.03. The van der Waals surface area contributed by atoms with Crippen molar-refractivity contribution in [3.63, 3.8) is 0 Å². The summed E-state index contributed by atoms with van der Waals surface area (Å²) in [4.78, 5) is 13.7. The van der Waals surface area contributed by atoms with Gasteiger partial charge in [-0.25, -0.2) is 0 Å². The van der Waals surface area contributed by atoms with Crippen molar-refractivity contribution in [1.29, 1.82) is 0 Å². The van der Waals surface area contributed by atoms with Crippen molar-refractivity contribution in [3.05, 3.63) is 60.2 Å². The SMILES string of the molecule is C=C[C@@H](CC1=C[C@@H](CC(=O)N(C)C)[C@@H](C)CC1)OCc1ccccc1. The molecule has 1 aliphatic rings. The number of carbonyl (C=O) groups is 1. The van der Waals surface area contributed by atoms with E-state index in [4.69, 9.17) is 4.74 Å². The van der Waals surface area contributed by atoms with Crippen LogP contribution in [0.2, 0.25) is 0 Å². The Morgan fingerprint density at radius 1 is 1.36 bits per heavy atom. The molecule has 2 rings (SSSR count). The first kappa shape index (κ1) is 19.5. The normalized spacial score (nSPS) is 21.3. The average molecular weight is 341 g/mol. The number of ether oxygens (including phenoxy) is 1. The van der Waals surface area contributed by atoms with Gasteiger partial charge in [0.2, 0.25) is 5.91 Å². The quantitative estimate of drug-likeness (QED) is 0.647. The van der Waals surface area contributed by atoms with E-state index in [1.807, 2.05) is 38.4 Å². The van der Waals surface area contributed by atoms with Crippen molar-refractivity contribution in [2.45, 2.75) is 45.3 Å². The average Bonchev–Trinajstić information content (AvgIpc) is 2.62. The molecule has 1 aromatic carbocycles. The van der Waals surface area contributed by atoms with Crippen molar-refractivity contribution in [2.75, 3.05) is 14.1 Å². The van der Waals surface area contributed by atoms with Crippen LogP contribution in [0, 0.1) is 11.8 Å². The Kier molecular flexibility index (Phi) is 7.45. The molecule has 0 unspecified atom stereocenters. The largest absolute Gasteiger partial charge is 0.369 e. The Balaban J connectivity index is 1.93. The van der Waals surface area contributed by atoms with E-state index < -0.39 is 0 Å². The highest BCUT2D eigenvalue weighted by molar-refractivity contribution is 5.76. The van der Waals surface area contributed by atoms with E-state index in [2.05, 4.69) is 31.7 Å². The molecular formula is C22H31NO2. The zero-order valence-electron chi connectivity index (χ0n) is 15.8. The van der Waals surface area contributed by atoms with E-state index in [0.29, 0.717) is 24.9 Å². The fourth-order valence-corrected chi connectivity index (χ4v) is 3.24. The third-order valence-corrected chi connectivity index (χ3v) is 5.04. The molecule has 3 nitrogen and oxygen atoms in total. The van der Waals surface area contributed by atoms with Crippen LogP contribution >= 0.6 is 0 Å². The predicted octanol–water partition coefficient (Wildman–Crippen LogP) is 4.60. The predicted molar refractivity (Wildman–Crippen MR) is 103 cm³/mol. The van der Waals surface area contributed by atoms with Gasteiger partial charge in [0, 0.05) is 20.5 Å². The lowest BCUT2D eigenvalue weighted by Gasteiger charge is -2.29. The number of nitrogens with zero attached hydrogens (tertiary/aromatic N) is 1. The van der Waals surface area contributed by atoms with Gasteiger partial charge in [-0.1, -0.05) is 55.0 Å². The van der Waals surface area contributed by atoms with Crippen LogP contribution in [0.3, 0.4) is 0 Å². The van der Waals surface area contributed by atoms with Crippen LogP contribution in [0.4, 0.5) is 0 Å². The van der Waals surface area contributed by atoms with Crippen LogP contribution in [0.15, 0.2) is 54.6 Å².